The number of methoxy groups -OCH3 is 2. The molecule has 1 aromatic rings. The smallest absolute Gasteiger partial charge is 0.160 e. The van der Waals surface area contributed by atoms with Crippen LogP contribution in [-0.2, 0) is 6.42 Å². The molecule has 19 heavy (non-hydrogen) atoms. The van der Waals surface area contributed by atoms with Crippen LogP contribution in [0.25, 0.3) is 0 Å². The maximum Gasteiger partial charge on any atom is 0.160 e. The Kier molecular flexibility index (Phi) is 4.64. The number of hydrogen-bond acceptors (Lipinski definition) is 4. The summed E-state index contributed by atoms with van der Waals surface area (Å²) in [6.45, 7) is 2.07. The van der Waals surface area contributed by atoms with Crippen LogP contribution in [0.4, 0.5) is 0 Å². The van der Waals surface area contributed by atoms with Gasteiger partial charge in [0.25, 0.3) is 0 Å². The first-order chi connectivity index (χ1) is 9.28. The van der Waals surface area contributed by atoms with Gasteiger partial charge in [-0.1, -0.05) is 6.07 Å². The van der Waals surface area contributed by atoms with Crippen LogP contribution in [0.15, 0.2) is 18.2 Å². The number of benzene rings is 1. The van der Waals surface area contributed by atoms with Gasteiger partial charge in [-0.3, -0.25) is 4.90 Å². The van der Waals surface area contributed by atoms with E-state index in [-0.39, 0.29) is 6.04 Å². The van der Waals surface area contributed by atoms with E-state index in [2.05, 4.69) is 11.0 Å². The maximum atomic E-state index is 9.33. The minimum atomic E-state index is -0.0411. The van der Waals surface area contributed by atoms with Gasteiger partial charge in [-0.25, -0.2) is 0 Å². The molecule has 4 nitrogen and oxygen atoms in total. The number of rotatable bonds is 5. The molecule has 1 atom stereocenters. The lowest BCUT2D eigenvalue weighted by Crippen LogP contribution is -2.33. The predicted molar refractivity (Wildman–Crippen MR) is 73.5 cm³/mol. The Morgan fingerprint density at radius 2 is 1.89 bits per heavy atom. The number of likely N-dealkylation sites (tertiary alicyclic amines) is 1. The average molecular weight is 260 g/mol. The van der Waals surface area contributed by atoms with E-state index in [1.54, 1.807) is 14.2 Å². The molecule has 0 spiro atoms. The van der Waals surface area contributed by atoms with Gasteiger partial charge < -0.3 is 9.47 Å². The fourth-order valence-corrected chi connectivity index (χ4v) is 2.54. The van der Waals surface area contributed by atoms with E-state index in [1.165, 1.54) is 12.8 Å². The van der Waals surface area contributed by atoms with Gasteiger partial charge in [0, 0.05) is 6.42 Å². The first-order valence-electron chi connectivity index (χ1n) is 6.63. The number of nitrogens with zero attached hydrogens (tertiary/aromatic N) is 2. The van der Waals surface area contributed by atoms with E-state index in [9.17, 15) is 5.26 Å². The highest BCUT2D eigenvalue weighted by molar-refractivity contribution is 5.43. The molecule has 1 heterocycles. The minimum Gasteiger partial charge on any atom is -0.493 e. The average Bonchev–Trinajstić information content (AvgIpc) is 2.98. The summed E-state index contributed by atoms with van der Waals surface area (Å²) >= 11 is 0. The van der Waals surface area contributed by atoms with Crippen molar-refractivity contribution in [1.82, 2.24) is 4.90 Å². The summed E-state index contributed by atoms with van der Waals surface area (Å²) in [5.74, 6) is 1.44. The second-order valence-corrected chi connectivity index (χ2v) is 4.78. The van der Waals surface area contributed by atoms with Gasteiger partial charge in [0.2, 0.25) is 0 Å². The lowest BCUT2D eigenvalue weighted by Gasteiger charge is -2.21. The number of nitriles is 1. The number of ether oxygens (including phenoxy) is 2. The van der Waals surface area contributed by atoms with Gasteiger partial charge in [0.15, 0.2) is 11.5 Å². The second kappa shape index (κ2) is 6.44. The molecule has 0 aliphatic carbocycles. The molecule has 102 valence electrons. The molecule has 4 heteroatoms. The van der Waals surface area contributed by atoms with Crippen molar-refractivity contribution in [1.29, 1.82) is 5.26 Å². The SMILES string of the molecule is COc1ccc(CC(C#N)N2CCCC2)cc1OC. The zero-order valence-electron chi connectivity index (χ0n) is 11.6. The van der Waals surface area contributed by atoms with Crippen molar-refractivity contribution >= 4 is 0 Å². The molecule has 1 saturated heterocycles. The van der Waals surface area contributed by atoms with Gasteiger partial charge in [0.1, 0.15) is 6.04 Å². The van der Waals surface area contributed by atoms with Crippen molar-refractivity contribution in [3.63, 3.8) is 0 Å². The summed E-state index contributed by atoms with van der Waals surface area (Å²) in [7, 11) is 3.25. The Balaban J connectivity index is 2.11. The van der Waals surface area contributed by atoms with Crippen LogP contribution in [0.1, 0.15) is 18.4 Å². The second-order valence-electron chi connectivity index (χ2n) is 4.78. The summed E-state index contributed by atoms with van der Waals surface area (Å²) in [6.07, 6.45) is 3.13. The molecule has 0 radical (unpaired) electrons. The molecule has 0 bridgehead atoms. The summed E-state index contributed by atoms with van der Waals surface area (Å²) in [5, 5.41) is 9.33. The minimum absolute atomic E-state index is 0.0411. The normalized spacial score (nSPS) is 16.9. The molecule has 1 aromatic carbocycles. The molecule has 0 N–H and O–H groups in total. The molecule has 1 unspecified atom stereocenters. The zero-order chi connectivity index (χ0) is 13.7. The Hall–Kier alpha value is -1.73. The van der Waals surface area contributed by atoms with Crippen LogP contribution in [0.2, 0.25) is 0 Å². The third-order valence-corrected chi connectivity index (χ3v) is 3.61. The molecular formula is C15H20N2O2. The van der Waals surface area contributed by atoms with Crippen LogP contribution in [0, 0.1) is 11.3 Å². The van der Waals surface area contributed by atoms with Crippen molar-refractivity contribution in [3.8, 4) is 17.6 Å². The Morgan fingerprint density at radius 1 is 1.21 bits per heavy atom. The van der Waals surface area contributed by atoms with Gasteiger partial charge >= 0.3 is 0 Å². The highest BCUT2D eigenvalue weighted by Crippen LogP contribution is 2.28. The van der Waals surface area contributed by atoms with Crippen LogP contribution in [-0.4, -0.2) is 38.3 Å². The molecule has 1 aliphatic heterocycles. The van der Waals surface area contributed by atoms with Gasteiger partial charge in [-0.15, -0.1) is 0 Å². The van der Waals surface area contributed by atoms with E-state index in [1.807, 2.05) is 18.2 Å². The fourth-order valence-electron chi connectivity index (χ4n) is 2.54. The summed E-state index contributed by atoms with van der Waals surface area (Å²) in [6, 6.07) is 8.23. The largest absolute Gasteiger partial charge is 0.493 e. The lowest BCUT2D eigenvalue weighted by atomic mass is 10.1. The molecule has 1 aliphatic rings. The van der Waals surface area contributed by atoms with Crippen molar-refractivity contribution in [2.24, 2.45) is 0 Å². The van der Waals surface area contributed by atoms with Crippen LogP contribution in [0.3, 0.4) is 0 Å². The van der Waals surface area contributed by atoms with Gasteiger partial charge in [-0.05, 0) is 43.6 Å². The van der Waals surface area contributed by atoms with Gasteiger partial charge in [0.05, 0.1) is 20.3 Å². The summed E-state index contributed by atoms with van der Waals surface area (Å²) in [4.78, 5) is 2.26. The monoisotopic (exact) mass is 260 g/mol. The Labute approximate surface area is 114 Å². The first kappa shape index (κ1) is 13.7. The van der Waals surface area contributed by atoms with Crippen molar-refractivity contribution < 1.29 is 9.47 Å². The molecule has 0 aromatic heterocycles. The molecule has 2 rings (SSSR count). The topological polar surface area (TPSA) is 45.5 Å². The van der Waals surface area contributed by atoms with Gasteiger partial charge in [-0.2, -0.15) is 5.26 Å². The fraction of sp³-hybridized carbons (Fsp3) is 0.533. The van der Waals surface area contributed by atoms with E-state index in [0.29, 0.717) is 0 Å². The van der Waals surface area contributed by atoms with Crippen LogP contribution >= 0.6 is 0 Å². The van der Waals surface area contributed by atoms with Crippen molar-refractivity contribution in [3.05, 3.63) is 23.8 Å². The molecular weight excluding hydrogens is 240 g/mol. The summed E-state index contributed by atoms with van der Waals surface area (Å²) < 4.78 is 10.5. The molecule has 0 amide bonds. The van der Waals surface area contributed by atoms with Crippen LogP contribution in [0.5, 0.6) is 11.5 Å². The lowest BCUT2D eigenvalue weighted by molar-refractivity contribution is 0.288. The van der Waals surface area contributed by atoms with E-state index in [0.717, 1.165) is 36.6 Å². The third-order valence-electron chi connectivity index (χ3n) is 3.61. The first-order valence-corrected chi connectivity index (χ1v) is 6.63. The molecule has 1 fully saturated rings. The third kappa shape index (κ3) is 3.18. The predicted octanol–water partition coefficient (Wildman–Crippen LogP) is 2.23. The maximum absolute atomic E-state index is 9.33. The number of hydrogen-bond donors (Lipinski definition) is 0. The van der Waals surface area contributed by atoms with E-state index >= 15 is 0 Å². The van der Waals surface area contributed by atoms with Crippen molar-refractivity contribution in [2.45, 2.75) is 25.3 Å². The zero-order valence-corrected chi connectivity index (χ0v) is 11.6. The van der Waals surface area contributed by atoms with E-state index in [4.69, 9.17) is 9.47 Å². The van der Waals surface area contributed by atoms with E-state index < -0.39 is 0 Å². The quantitative estimate of drug-likeness (QED) is 0.814. The van der Waals surface area contributed by atoms with Crippen molar-refractivity contribution in [2.75, 3.05) is 27.3 Å². The standard InChI is InChI=1S/C15H20N2O2/c1-18-14-6-5-12(10-15(14)19-2)9-13(11-16)17-7-3-4-8-17/h5-6,10,13H,3-4,7-9H2,1-2H3. The van der Waals surface area contributed by atoms with Crippen LogP contribution < -0.4 is 9.47 Å². The highest BCUT2D eigenvalue weighted by Gasteiger charge is 2.22. The highest BCUT2D eigenvalue weighted by atomic mass is 16.5. The Bertz CT molecular complexity index is 462. The Morgan fingerprint density at radius 3 is 2.47 bits per heavy atom. The molecule has 0 saturated carbocycles. The summed E-state index contributed by atoms with van der Waals surface area (Å²) in [5.41, 5.74) is 1.11.